The predicted molar refractivity (Wildman–Crippen MR) is 147 cm³/mol. The maximum absolute atomic E-state index is 12.3. The fraction of sp³-hybridized carbons (Fsp3) is 0.500. The lowest BCUT2D eigenvalue weighted by molar-refractivity contribution is -0.147. The Labute approximate surface area is 234 Å². The molecule has 2 aliphatic heterocycles. The van der Waals surface area contributed by atoms with E-state index in [-0.39, 0.29) is 43.1 Å². The van der Waals surface area contributed by atoms with Gasteiger partial charge in [0.1, 0.15) is 12.4 Å². The highest BCUT2D eigenvalue weighted by Gasteiger charge is 2.40. The van der Waals surface area contributed by atoms with Gasteiger partial charge in [0, 0.05) is 45.1 Å². The number of benzene rings is 2. The number of amides is 3. The van der Waals surface area contributed by atoms with Gasteiger partial charge in [-0.1, -0.05) is 18.2 Å². The van der Waals surface area contributed by atoms with E-state index in [1.54, 1.807) is 14.2 Å². The monoisotopic (exact) mass is 551 g/mol. The molecule has 1 atom stereocenters. The Balaban J connectivity index is 1.28. The molecule has 10 heteroatoms. The van der Waals surface area contributed by atoms with Crippen LogP contribution in [0, 0.1) is 5.92 Å². The van der Waals surface area contributed by atoms with E-state index >= 15 is 0 Å². The van der Waals surface area contributed by atoms with Crippen molar-refractivity contribution < 1.29 is 33.7 Å². The highest BCUT2D eigenvalue weighted by atomic mass is 16.5. The van der Waals surface area contributed by atoms with E-state index in [0.717, 1.165) is 17.7 Å². The summed E-state index contributed by atoms with van der Waals surface area (Å²) >= 11 is 0. The van der Waals surface area contributed by atoms with Gasteiger partial charge in [-0.15, -0.1) is 0 Å². The molecule has 0 spiro atoms. The van der Waals surface area contributed by atoms with E-state index < -0.39 is 5.97 Å². The van der Waals surface area contributed by atoms with Crippen molar-refractivity contribution in [2.75, 3.05) is 40.5 Å². The second-order valence-corrected chi connectivity index (χ2v) is 10.8. The lowest BCUT2D eigenvalue weighted by atomic mass is 9.78. The predicted octanol–water partition coefficient (Wildman–Crippen LogP) is 3.72. The number of carboxylic acid groups (broad SMARTS) is 1. The number of aliphatic carboxylic acids is 1. The lowest BCUT2D eigenvalue weighted by Gasteiger charge is -2.44. The van der Waals surface area contributed by atoms with E-state index in [0.29, 0.717) is 50.5 Å². The van der Waals surface area contributed by atoms with Gasteiger partial charge < -0.3 is 24.2 Å². The molecule has 214 valence electrons. The molecule has 1 saturated carbocycles. The van der Waals surface area contributed by atoms with Gasteiger partial charge in [0.15, 0.2) is 11.5 Å². The molecule has 1 aliphatic carbocycles. The van der Waals surface area contributed by atoms with Gasteiger partial charge in [-0.05, 0) is 54.7 Å². The molecule has 2 aromatic rings. The summed E-state index contributed by atoms with van der Waals surface area (Å²) in [5, 5.41) is 9.47. The summed E-state index contributed by atoms with van der Waals surface area (Å²) in [5.41, 5.74) is 3.41. The molecular weight excluding hydrogens is 514 g/mol. The third-order valence-electron chi connectivity index (χ3n) is 8.31. The lowest BCUT2D eigenvalue weighted by Crippen LogP contribution is -2.51. The number of nitrogens with zero attached hydrogens (tertiary/aromatic N) is 3. The van der Waals surface area contributed by atoms with Crippen LogP contribution in [0.25, 0.3) is 0 Å². The molecule has 5 rings (SSSR count). The van der Waals surface area contributed by atoms with Crippen molar-refractivity contribution in [3.8, 4) is 17.2 Å². The maximum Gasteiger partial charge on any atom is 0.326 e. The molecule has 3 amide bonds. The molecule has 2 aromatic carbocycles. The molecule has 1 saturated heterocycles. The average molecular weight is 552 g/mol. The summed E-state index contributed by atoms with van der Waals surface area (Å²) in [6.07, 6.45) is 2.45. The Morgan fingerprint density at radius 2 is 1.95 bits per heavy atom. The van der Waals surface area contributed by atoms with Crippen LogP contribution in [-0.2, 0) is 22.6 Å². The second-order valence-electron chi connectivity index (χ2n) is 10.8. The molecule has 10 nitrogen and oxygen atoms in total. The smallest absolute Gasteiger partial charge is 0.326 e. The fourth-order valence-corrected chi connectivity index (χ4v) is 5.71. The number of methoxy groups -OCH3 is 1. The van der Waals surface area contributed by atoms with E-state index in [2.05, 4.69) is 24.0 Å². The van der Waals surface area contributed by atoms with Crippen LogP contribution < -0.4 is 14.2 Å². The number of imide groups is 1. The molecule has 0 unspecified atom stereocenters. The number of hydrogen-bond donors (Lipinski definition) is 1. The number of fused-ring (bicyclic) bond motifs is 1. The molecule has 2 fully saturated rings. The highest BCUT2D eigenvalue weighted by Crippen LogP contribution is 2.40. The minimum absolute atomic E-state index is 0.0744. The topological polar surface area (TPSA) is 109 Å². The minimum atomic E-state index is -0.735. The molecule has 0 aromatic heterocycles. The van der Waals surface area contributed by atoms with E-state index in [4.69, 9.17) is 14.2 Å². The molecular formula is C30H37N3O7. The SMILES string of the molecule is COc1cc(CN(C2CC(C(=O)O)C2)[C@H](C)c2ccc3c(c2)CCO3)ccc1OCCN1C(=O)CCN(C)C1=O. The molecule has 0 radical (unpaired) electrons. The Morgan fingerprint density at radius 1 is 1.15 bits per heavy atom. The van der Waals surface area contributed by atoms with Crippen LogP contribution in [0.5, 0.6) is 17.2 Å². The quantitative estimate of drug-likeness (QED) is 0.450. The molecule has 0 bridgehead atoms. The summed E-state index contributed by atoms with van der Waals surface area (Å²) in [5.74, 6) is 0.798. The first-order valence-electron chi connectivity index (χ1n) is 13.8. The summed E-state index contributed by atoms with van der Waals surface area (Å²) in [7, 11) is 3.26. The number of carbonyl (C=O) groups is 3. The summed E-state index contributed by atoms with van der Waals surface area (Å²) in [6.45, 7) is 4.24. The number of urea groups is 1. The van der Waals surface area contributed by atoms with Crippen molar-refractivity contribution in [1.82, 2.24) is 14.7 Å². The van der Waals surface area contributed by atoms with Crippen LogP contribution in [0.3, 0.4) is 0 Å². The standard InChI is InChI=1S/C30H37N3O7/c1-19(21-5-7-25-22(15-21)9-12-39-25)33(24-16-23(17-24)29(35)36)18-20-4-6-26(27(14-20)38-3)40-13-11-32-28(34)8-10-31(2)30(32)37/h4-7,14-15,19,23-24H,8-13,16-18H2,1-3H3,(H,35,36)/t19-,23?,24?/m1/s1. The first-order chi connectivity index (χ1) is 19.2. The van der Waals surface area contributed by atoms with E-state index in [9.17, 15) is 19.5 Å². The van der Waals surface area contributed by atoms with Crippen LogP contribution in [0.15, 0.2) is 36.4 Å². The Bertz CT molecular complexity index is 1280. The minimum Gasteiger partial charge on any atom is -0.493 e. The van der Waals surface area contributed by atoms with Crippen molar-refractivity contribution in [3.63, 3.8) is 0 Å². The Morgan fingerprint density at radius 3 is 2.70 bits per heavy atom. The van der Waals surface area contributed by atoms with Crippen LogP contribution in [0.1, 0.15) is 48.9 Å². The molecule has 40 heavy (non-hydrogen) atoms. The first-order valence-corrected chi connectivity index (χ1v) is 13.8. The molecule has 3 aliphatic rings. The second kappa shape index (κ2) is 11.8. The Hall–Kier alpha value is -3.79. The molecule has 2 heterocycles. The zero-order chi connectivity index (χ0) is 28.4. The van der Waals surface area contributed by atoms with Gasteiger partial charge in [-0.25, -0.2) is 4.79 Å². The average Bonchev–Trinajstić information content (AvgIpc) is 3.39. The summed E-state index contributed by atoms with van der Waals surface area (Å²) in [6, 6.07) is 12.0. The van der Waals surface area contributed by atoms with Crippen LogP contribution in [0.2, 0.25) is 0 Å². The Kier molecular flexibility index (Phi) is 8.16. The fourth-order valence-electron chi connectivity index (χ4n) is 5.71. The van der Waals surface area contributed by atoms with Crippen molar-refractivity contribution in [3.05, 3.63) is 53.1 Å². The maximum atomic E-state index is 12.3. The number of hydrogen-bond acceptors (Lipinski definition) is 7. The van der Waals surface area contributed by atoms with Gasteiger partial charge in [0.05, 0.1) is 26.2 Å². The number of rotatable bonds is 11. The first kappa shape index (κ1) is 27.8. The summed E-state index contributed by atoms with van der Waals surface area (Å²) in [4.78, 5) is 41.1. The highest BCUT2D eigenvalue weighted by molar-refractivity contribution is 5.96. The third-order valence-corrected chi connectivity index (χ3v) is 8.31. The van der Waals surface area contributed by atoms with Crippen LogP contribution in [-0.4, -0.2) is 84.2 Å². The van der Waals surface area contributed by atoms with Crippen LogP contribution >= 0.6 is 0 Å². The van der Waals surface area contributed by atoms with Gasteiger partial charge in [0.2, 0.25) is 5.91 Å². The summed E-state index contributed by atoms with van der Waals surface area (Å²) < 4.78 is 17.2. The third kappa shape index (κ3) is 5.72. The molecule has 1 N–H and O–H groups in total. The zero-order valence-electron chi connectivity index (χ0n) is 23.3. The van der Waals surface area contributed by atoms with E-state index in [1.807, 2.05) is 24.3 Å². The van der Waals surface area contributed by atoms with Gasteiger partial charge >= 0.3 is 12.0 Å². The zero-order valence-corrected chi connectivity index (χ0v) is 23.3. The van der Waals surface area contributed by atoms with Gasteiger partial charge in [-0.3, -0.25) is 19.4 Å². The number of ether oxygens (including phenoxy) is 3. The largest absolute Gasteiger partial charge is 0.493 e. The van der Waals surface area contributed by atoms with Crippen molar-refractivity contribution >= 4 is 17.9 Å². The normalized spacial score (nSPS) is 21.1. The number of carbonyl (C=O) groups excluding carboxylic acids is 2. The van der Waals surface area contributed by atoms with Crippen molar-refractivity contribution in [2.45, 2.75) is 51.2 Å². The van der Waals surface area contributed by atoms with Crippen molar-refractivity contribution in [2.24, 2.45) is 5.92 Å². The number of carboxylic acids is 1. The van der Waals surface area contributed by atoms with E-state index in [1.165, 1.54) is 20.9 Å². The van der Waals surface area contributed by atoms with Gasteiger partial charge in [0.25, 0.3) is 0 Å². The van der Waals surface area contributed by atoms with Crippen molar-refractivity contribution in [1.29, 1.82) is 0 Å². The van der Waals surface area contributed by atoms with Crippen LogP contribution in [0.4, 0.5) is 4.79 Å². The van der Waals surface area contributed by atoms with Gasteiger partial charge in [-0.2, -0.15) is 0 Å².